The summed E-state index contributed by atoms with van der Waals surface area (Å²) in [7, 11) is 0. The molecule has 6 heteroatoms. The van der Waals surface area contributed by atoms with Crippen molar-refractivity contribution in [2.45, 2.75) is 32.7 Å². The van der Waals surface area contributed by atoms with E-state index in [4.69, 9.17) is 11.6 Å². The molecule has 0 radical (unpaired) electrons. The highest BCUT2D eigenvalue weighted by atomic mass is 35.5. The second kappa shape index (κ2) is 8.75. The molecular formula is C17H20Cl2N2O2. The summed E-state index contributed by atoms with van der Waals surface area (Å²) < 4.78 is 0. The Balaban J connectivity index is 0.00000264. The molecule has 124 valence electrons. The molecule has 0 aliphatic carbocycles. The van der Waals surface area contributed by atoms with Crippen molar-refractivity contribution in [3.8, 4) is 0 Å². The number of amides is 1. The third kappa shape index (κ3) is 5.41. The molecular weight excluding hydrogens is 335 g/mol. The van der Waals surface area contributed by atoms with E-state index in [0.29, 0.717) is 16.6 Å². The molecule has 1 heterocycles. The van der Waals surface area contributed by atoms with Crippen molar-refractivity contribution in [2.75, 3.05) is 0 Å². The minimum Gasteiger partial charge on any atom is -0.349 e. The summed E-state index contributed by atoms with van der Waals surface area (Å²) in [5, 5.41) is 0.589. The number of rotatable bonds is 5. The van der Waals surface area contributed by atoms with Gasteiger partial charge in [-0.1, -0.05) is 11.6 Å². The molecule has 0 bridgehead atoms. The zero-order chi connectivity index (χ0) is 16.1. The van der Waals surface area contributed by atoms with E-state index in [1.165, 1.54) is 4.90 Å². The van der Waals surface area contributed by atoms with E-state index < -0.39 is 0 Å². The lowest BCUT2D eigenvalue weighted by Crippen LogP contribution is -2.28. The van der Waals surface area contributed by atoms with Gasteiger partial charge in [-0.05, 0) is 38.1 Å². The van der Waals surface area contributed by atoms with Crippen LogP contribution in [0.3, 0.4) is 0 Å². The van der Waals surface area contributed by atoms with E-state index in [1.807, 2.05) is 17.3 Å². The quantitative estimate of drug-likeness (QED) is 0.743. The molecule has 1 aromatic rings. The number of hydrogen-bond acceptors (Lipinski definition) is 3. The summed E-state index contributed by atoms with van der Waals surface area (Å²) in [6, 6.07) is 7.05. The summed E-state index contributed by atoms with van der Waals surface area (Å²) in [6.45, 7) is 4.13. The van der Waals surface area contributed by atoms with E-state index >= 15 is 0 Å². The summed E-state index contributed by atoms with van der Waals surface area (Å²) in [5.41, 5.74) is 0.577. The average molecular weight is 355 g/mol. The van der Waals surface area contributed by atoms with E-state index in [-0.39, 0.29) is 36.9 Å². The van der Waals surface area contributed by atoms with Gasteiger partial charge in [0.05, 0.1) is 0 Å². The second-order valence-corrected chi connectivity index (χ2v) is 5.80. The van der Waals surface area contributed by atoms with Crippen LogP contribution in [0.4, 0.5) is 0 Å². The highest BCUT2D eigenvalue weighted by Gasteiger charge is 2.15. The molecule has 0 atom stereocenters. The fourth-order valence-corrected chi connectivity index (χ4v) is 2.16. The zero-order valence-electron chi connectivity index (χ0n) is 13.1. The number of benzene rings is 1. The van der Waals surface area contributed by atoms with Gasteiger partial charge in [-0.25, -0.2) is 0 Å². The highest BCUT2D eigenvalue weighted by molar-refractivity contribution is 6.30. The fraction of sp³-hybridized carbons (Fsp3) is 0.294. The third-order valence-electron chi connectivity index (χ3n) is 3.42. The largest absolute Gasteiger partial charge is 0.349 e. The lowest BCUT2D eigenvalue weighted by molar-refractivity contribution is -0.126. The van der Waals surface area contributed by atoms with Crippen LogP contribution in [0.25, 0.3) is 0 Å². The van der Waals surface area contributed by atoms with Crippen molar-refractivity contribution >= 4 is 35.7 Å². The molecule has 1 amide bonds. The SMILES string of the molecule is CC(C)N1C=CN(C(=O)CCC(=O)c2ccc(Cl)cc2)C=C1.Cl. The number of Topliss-reactive ketones (excluding diaryl/α,β-unsaturated/α-hetero) is 1. The van der Waals surface area contributed by atoms with Crippen molar-refractivity contribution in [3.05, 3.63) is 59.7 Å². The predicted molar refractivity (Wildman–Crippen MR) is 94.4 cm³/mol. The fourth-order valence-electron chi connectivity index (χ4n) is 2.04. The van der Waals surface area contributed by atoms with Gasteiger partial charge < -0.3 is 4.90 Å². The van der Waals surface area contributed by atoms with E-state index in [1.54, 1.807) is 36.7 Å². The lowest BCUT2D eigenvalue weighted by atomic mass is 10.1. The molecule has 1 aliphatic heterocycles. The van der Waals surface area contributed by atoms with Gasteiger partial charge in [0.15, 0.2) is 5.78 Å². The number of hydrogen-bond donors (Lipinski definition) is 0. The summed E-state index contributed by atoms with van der Waals surface area (Å²) in [4.78, 5) is 27.6. The Labute approximate surface area is 147 Å². The molecule has 1 aliphatic rings. The van der Waals surface area contributed by atoms with Crippen molar-refractivity contribution in [3.63, 3.8) is 0 Å². The minimum absolute atomic E-state index is 0. The van der Waals surface area contributed by atoms with Crippen LogP contribution in [0.2, 0.25) is 5.02 Å². The topological polar surface area (TPSA) is 40.6 Å². The van der Waals surface area contributed by atoms with Gasteiger partial charge in [-0.3, -0.25) is 14.5 Å². The van der Waals surface area contributed by atoms with Crippen molar-refractivity contribution in [1.29, 1.82) is 0 Å². The maximum Gasteiger partial charge on any atom is 0.231 e. The van der Waals surface area contributed by atoms with Crippen LogP contribution in [0.15, 0.2) is 49.1 Å². The van der Waals surface area contributed by atoms with Crippen LogP contribution in [0.1, 0.15) is 37.0 Å². The molecule has 0 saturated carbocycles. The Bertz CT molecular complexity index is 596. The van der Waals surface area contributed by atoms with E-state index in [2.05, 4.69) is 13.8 Å². The molecule has 0 N–H and O–H groups in total. The first-order valence-corrected chi connectivity index (χ1v) is 7.59. The first-order valence-electron chi connectivity index (χ1n) is 7.21. The molecule has 1 aromatic carbocycles. The monoisotopic (exact) mass is 354 g/mol. The van der Waals surface area contributed by atoms with Crippen LogP contribution in [0.5, 0.6) is 0 Å². The molecule has 0 aromatic heterocycles. The van der Waals surface area contributed by atoms with Crippen LogP contribution >= 0.6 is 24.0 Å². The standard InChI is InChI=1S/C17H19ClN2O2.ClH/c1-13(2)19-9-11-20(12-10-19)17(22)8-7-16(21)14-3-5-15(18)6-4-14;/h3-6,9-13H,7-8H2,1-2H3;1H. The number of nitrogens with zero attached hydrogens (tertiary/aromatic N) is 2. The maximum absolute atomic E-state index is 12.1. The van der Waals surface area contributed by atoms with Crippen LogP contribution in [-0.2, 0) is 4.79 Å². The minimum atomic E-state index is -0.0989. The van der Waals surface area contributed by atoms with Gasteiger partial charge in [0.25, 0.3) is 0 Å². The smallest absolute Gasteiger partial charge is 0.231 e. The van der Waals surface area contributed by atoms with E-state index in [9.17, 15) is 9.59 Å². The maximum atomic E-state index is 12.1. The normalized spacial score (nSPS) is 13.2. The zero-order valence-corrected chi connectivity index (χ0v) is 14.7. The Morgan fingerprint density at radius 2 is 1.57 bits per heavy atom. The van der Waals surface area contributed by atoms with Crippen LogP contribution in [0, 0.1) is 0 Å². The Hall–Kier alpha value is -1.78. The molecule has 0 unspecified atom stereocenters. The Morgan fingerprint density at radius 3 is 2.09 bits per heavy atom. The van der Waals surface area contributed by atoms with Gasteiger partial charge >= 0.3 is 0 Å². The molecule has 4 nitrogen and oxygen atoms in total. The van der Waals surface area contributed by atoms with Gasteiger partial charge in [-0.2, -0.15) is 0 Å². The van der Waals surface area contributed by atoms with Gasteiger partial charge in [-0.15, -0.1) is 12.4 Å². The first kappa shape index (κ1) is 19.3. The number of carbonyl (C=O) groups excluding carboxylic acids is 2. The van der Waals surface area contributed by atoms with Crippen molar-refractivity contribution in [1.82, 2.24) is 9.80 Å². The van der Waals surface area contributed by atoms with Crippen LogP contribution in [-0.4, -0.2) is 27.5 Å². The summed E-state index contributed by atoms with van der Waals surface area (Å²) in [5.74, 6) is -0.156. The van der Waals surface area contributed by atoms with Crippen molar-refractivity contribution < 1.29 is 9.59 Å². The summed E-state index contributed by atoms with van der Waals surface area (Å²) in [6.07, 6.45) is 7.50. The Morgan fingerprint density at radius 1 is 1.00 bits per heavy atom. The lowest BCUT2D eigenvalue weighted by Gasteiger charge is -2.26. The number of halogens is 2. The first-order chi connectivity index (χ1) is 10.5. The highest BCUT2D eigenvalue weighted by Crippen LogP contribution is 2.14. The molecule has 2 rings (SSSR count). The van der Waals surface area contributed by atoms with Gasteiger partial charge in [0, 0.05) is 54.3 Å². The predicted octanol–water partition coefficient (Wildman–Crippen LogP) is 4.22. The Kier molecular flexibility index (Phi) is 7.33. The van der Waals surface area contributed by atoms with Gasteiger partial charge in [0.1, 0.15) is 0 Å². The average Bonchev–Trinajstić information content (AvgIpc) is 2.53. The van der Waals surface area contributed by atoms with Crippen LogP contribution < -0.4 is 0 Å². The van der Waals surface area contributed by atoms with Crippen molar-refractivity contribution in [2.24, 2.45) is 0 Å². The molecule has 0 fully saturated rings. The second-order valence-electron chi connectivity index (χ2n) is 5.37. The third-order valence-corrected chi connectivity index (χ3v) is 3.67. The molecule has 0 spiro atoms. The van der Waals surface area contributed by atoms with E-state index in [0.717, 1.165) is 0 Å². The molecule has 23 heavy (non-hydrogen) atoms. The summed E-state index contributed by atoms with van der Waals surface area (Å²) >= 11 is 5.79. The van der Waals surface area contributed by atoms with Gasteiger partial charge in [0.2, 0.25) is 5.91 Å². The number of ketones is 1. The molecule has 0 saturated heterocycles. The number of carbonyl (C=O) groups is 2.